The molecular weight excluding hydrogens is 374 g/mol. The summed E-state index contributed by atoms with van der Waals surface area (Å²) in [5.41, 5.74) is 1.97. The Morgan fingerprint density at radius 3 is 2.79 bits per heavy atom. The van der Waals surface area contributed by atoms with Crippen LogP contribution in [0.2, 0.25) is 0 Å². The second-order valence-electron chi connectivity index (χ2n) is 3.81. The third-order valence-corrected chi connectivity index (χ3v) is 5.10. The van der Waals surface area contributed by atoms with E-state index in [1.54, 1.807) is 13.0 Å². The van der Waals surface area contributed by atoms with Crippen LogP contribution in [0.3, 0.4) is 0 Å². The lowest BCUT2D eigenvalue weighted by Gasteiger charge is -2.19. The highest BCUT2D eigenvalue weighted by molar-refractivity contribution is 9.12. The van der Waals surface area contributed by atoms with E-state index in [1.807, 2.05) is 24.3 Å². The molecule has 19 heavy (non-hydrogen) atoms. The maximum Gasteiger partial charge on any atom is 0.321 e. The Morgan fingerprint density at radius 1 is 1.47 bits per heavy atom. The molecule has 0 aliphatic rings. The number of halogens is 2. The van der Waals surface area contributed by atoms with Crippen molar-refractivity contribution in [3.8, 4) is 0 Å². The van der Waals surface area contributed by atoms with Gasteiger partial charge in [-0.1, -0.05) is 56.1 Å². The number of alkyl halides is 2. The molecule has 3 nitrogen and oxygen atoms in total. The zero-order valence-corrected chi connectivity index (χ0v) is 13.9. The van der Waals surface area contributed by atoms with E-state index in [1.165, 1.54) is 0 Å². The Labute approximate surface area is 130 Å². The van der Waals surface area contributed by atoms with Crippen LogP contribution in [0, 0.1) is 0 Å². The number of ether oxygens (including phenoxy) is 1. The topological polar surface area (TPSA) is 38.3 Å². The maximum absolute atomic E-state index is 11.7. The number of rotatable bonds is 7. The van der Waals surface area contributed by atoms with Gasteiger partial charge in [0.05, 0.1) is 11.4 Å². The first-order chi connectivity index (χ1) is 9.11. The fourth-order valence-corrected chi connectivity index (χ4v) is 2.61. The monoisotopic (exact) mass is 389 g/mol. The lowest BCUT2D eigenvalue weighted by atomic mass is 10.1. The minimum atomic E-state index is -0.431. The van der Waals surface area contributed by atoms with Crippen LogP contribution in [-0.4, -0.2) is 23.9 Å². The Balaban J connectivity index is 2.88. The number of hydrogen-bond acceptors (Lipinski definition) is 3. The summed E-state index contributed by atoms with van der Waals surface area (Å²) in [6, 6.07) is 7.83. The Kier molecular flexibility index (Phi) is 7.16. The molecule has 0 bridgehead atoms. The molecule has 2 unspecified atom stereocenters. The number of esters is 1. The summed E-state index contributed by atoms with van der Waals surface area (Å²) in [5, 5.41) is 3.25. The normalized spacial score (nSPS) is 13.4. The zero-order valence-electron chi connectivity index (χ0n) is 10.7. The van der Waals surface area contributed by atoms with Crippen molar-refractivity contribution in [3.05, 3.63) is 42.5 Å². The molecule has 104 valence electrons. The van der Waals surface area contributed by atoms with Gasteiger partial charge in [-0.25, -0.2) is 0 Å². The molecule has 0 radical (unpaired) electrons. The average Bonchev–Trinajstić information content (AvgIpc) is 2.44. The van der Waals surface area contributed by atoms with Crippen molar-refractivity contribution in [2.75, 3.05) is 18.5 Å². The van der Waals surface area contributed by atoms with E-state index in [-0.39, 0.29) is 10.8 Å². The number of anilines is 1. The first-order valence-electron chi connectivity index (χ1n) is 6.00. The number of hydrogen-bond donors (Lipinski definition) is 1. The SMILES string of the molecule is C=CCNc1ccccc1C(Br)C(Br)C(=O)OCC. The Hall–Kier alpha value is -0.810. The fraction of sp³-hybridized carbons (Fsp3) is 0.357. The number of carbonyl (C=O) groups excluding carboxylic acids is 1. The van der Waals surface area contributed by atoms with Crippen LogP contribution in [0.1, 0.15) is 17.3 Å². The lowest BCUT2D eigenvalue weighted by molar-refractivity contribution is -0.142. The van der Waals surface area contributed by atoms with Gasteiger partial charge < -0.3 is 10.1 Å². The minimum absolute atomic E-state index is 0.167. The highest BCUT2D eigenvalue weighted by Gasteiger charge is 2.27. The predicted molar refractivity (Wildman–Crippen MR) is 86.1 cm³/mol. The van der Waals surface area contributed by atoms with Crippen molar-refractivity contribution in [2.45, 2.75) is 16.6 Å². The molecule has 0 amide bonds. The van der Waals surface area contributed by atoms with Gasteiger partial charge in [-0.15, -0.1) is 6.58 Å². The predicted octanol–water partition coefficient (Wildman–Crippen LogP) is 4.05. The molecule has 1 N–H and O–H groups in total. The van der Waals surface area contributed by atoms with Gasteiger partial charge in [-0.3, -0.25) is 4.79 Å². The van der Waals surface area contributed by atoms with Gasteiger partial charge in [0.15, 0.2) is 0 Å². The quantitative estimate of drug-likeness (QED) is 0.433. The Morgan fingerprint density at radius 2 is 2.16 bits per heavy atom. The summed E-state index contributed by atoms with van der Waals surface area (Å²) in [6.07, 6.45) is 1.79. The van der Waals surface area contributed by atoms with Crippen LogP contribution >= 0.6 is 31.9 Å². The van der Waals surface area contributed by atoms with Gasteiger partial charge in [0, 0.05) is 12.2 Å². The fourth-order valence-electron chi connectivity index (χ4n) is 1.58. The molecule has 0 saturated carbocycles. The molecule has 2 atom stereocenters. The van der Waals surface area contributed by atoms with E-state index in [0.29, 0.717) is 13.2 Å². The maximum atomic E-state index is 11.7. The van der Waals surface area contributed by atoms with E-state index < -0.39 is 4.83 Å². The first kappa shape index (κ1) is 16.2. The number of benzene rings is 1. The molecule has 0 aromatic heterocycles. The largest absolute Gasteiger partial charge is 0.465 e. The van der Waals surface area contributed by atoms with Gasteiger partial charge >= 0.3 is 5.97 Å². The molecule has 0 aliphatic carbocycles. The second kappa shape index (κ2) is 8.38. The van der Waals surface area contributed by atoms with Crippen LogP contribution in [-0.2, 0) is 9.53 Å². The summed E-state index contributed by atoms with van der Waals surface area (Å²) in [7, 11) is 0. The van der Waals surface area contributed by atoms with E-state index in [9.17, 15) is 4.79 Å². The Bertz CT molecular complexity index is 437. The molecule has 0 spiro atoms. The van der Waals surface area contributed by atoms with Crippen molar-refractivity contribution in [3.63, 3.8) is 0 Å². The first-order valence-corrected chi connectivity index (χ1v) is 7.83. The second-order valence-corrected chi connectivity index (χ2v) is 5.79. The lowest BCUT2D eigenvalue weighted by Crippen LogP contribution is -2.22. The molecule has 0 saturated heterocycles. The van der Waals surface area contributed by atoms with Gasteiger partial charge in [0.25, 0.3) is 0 Å². The highest BCUT2D eigenvalue weighted by atomic mass is 79.9. The highest BCUT2D eigenvalue weighted by Crippen LogP contribution is 2.36. The van der Waals surface area contributed by atoms with Gasteiger partial charge in [0.2, 0.25) is 0 Å². The van der Waals surface area contributed by atoms with Crippen molar-refractivity contribution in [1.29, 1.82) is 0 Å². The average molecular weight is 391 g/mol. The molecule has 0 aliphatic heterocycles. The van der Waals surface area contributed by atoms with Crippen molar-refractivity contribution >= 4 is 43.5 Å². The van der Waals surface area contributed by atoms with Gasteiger partial charge in [-0.05, 0) is 18.6 Å². The molecule has 0 heterocycles. The summed E-state index contributed by atoms with van der Waals surface area (Å²) >= 11 is 6.93. The van der Waals surface area contributed by atoms with Crippen LogP contribution < -0.4 is 5.32 Å². The summed E-state index contributed by atoms with van der Waals surface area (Å²) in [5.74, 6) is -0.275. The van der Waals surface area contributed by atoms with Crippen LogP contribution in [0.5, 0.6) is 0 Å². The number of carbonyl (C=O) groups is 1. The molecule has 1 aromatic carbocycles. The van der Waals surface area contributed by atoms with Crippen LogP contribution in [0.25, 0.3) is 0 Å². The summed E-state index contributed by atoms with van der Waals surface area (Å²) < 4.78 is 5.01. The summed E-state index contributed by atoms with van der Waals surface area (Å²) in [6.45, 7) is 6.51. The van der Waals surface area contributed by atoms with Gasteiger partial charge in [-0.2, -0.15) is 0 Å². The standard InChI is InChI=1S/C14H17Br2NO2/c1-3-9-17-11-8-6-5-7-10(11)12(15)13(16)14(18)19-4-2/h3,5-8,12-13,17H,1,4,9H2,2H3. The third-order valence-electron chi connectivity index (χ3n) is 2.46. The molecular formula is C14H17Br2NO2. The zero-order chi connectivity index (χ0) is 14.3. The number of para-hydroxylation sites is 1. The van der Waals surface area contributed by atoms with E-state index >= 15 is 0 Å². The van der Waals surface area contributed by atoms with Crippen LogP contribution in [0.4, 0.5) is 5.69 Å². The smallest absolute Gasteiger partial charge is 0.321 e. The van der Waals surface area contributed by atoms with Gasteiger partial charge in [0.1, 0.15) is 4.83 Å². The van der Waals surface area contributed by atoms with E-state index in [0.717, 1.165) is 11.3 Å². The molecule has 1 aromatic rings. The minimum Gasteiger partial charge on any atom is -0.465 e. The van der Waals surface area contributed by atoms with E-state index in [4.69, 9.17) is 4.74 Å². The van der Waals surface area contributed by atoms with E-state index in [2.05, 4.69) is 43.8 Å². The number of nitrogens with one attached hydrogen (secondary N) is 1. The molecule has 1 rings (SSSR count). The van der Waals surface area contributed by atoms with Crippen LogP contribution in [0.15, 0.2) is 36.9 Å². The summed E-state index contributed by atoms with van der Waals surface area (Å²) in [4.78, 5) is 11.1. The van der Waals surface area contributed by atoms with Crippen molar-refractivity contribution in [2.24, 2.45) is 0 Å². The molecule has 0 fully saturated rings. The molecule has 5 heteroatoms. The third kappa shape index (κ3) is 4.66. The van der Waals surface area contributed by atoms with Crippen molar-refractivity contribution < 1.29 is 9.53 Å². The van der Waals surface area contributed by atoms with Crippen molar-refractivity contribution in [1.82, 2.24) is 0 Å².